The van der Waals surface area contributed by atoms with Crippen molar-refractivity contribution in [1.29, 1.82) is 0 Å². The van der Waals surface area contributed by atoms with Crippen molar-refractivity contribution in [2.45, 2.75) is 6.92 Å². The quantitative estimate of drug-likeness (QED) is 0.680. The molecule has 86 valence electrons. The molecule has 1 aliphatic carbocycles. The molecular weight excluding hydrogens is 220 g/mol. The number of esters is 1. The molecule has 0 aliphatic heterocycles. The van der Waals surface area contributed by atoms with Gasteiger partial charge < -0.3 is 4.74 Å². The van der Waals surface area contributed by atoms with Gasteiger partial charge >= 0.3 is 5.97 Å². The van der Waals surface area contributed by atoms with Crippen molar-refractivity contribution >= 4 is 17.3 Å². The molecule has 0 saturated heterocycles. The molecule has 1 aromatic rings. The minimum absolute atomic E-state index is 0.181. The van der Waals surface area contributed by atoms with Gasteiger partial charge in [-0.15, -0.1) is 0 Å². The number of allylic oxidation sites excluding steroid dienone is 1. The van der Waals surface area contributed by atoms with E-state index in [1.807, 2.05) is 0 Å². The van der Waals surface area contributed by atoms with Crippen LogP contribution in [0.3, 0.4) is 0 Å². The molecule has 1 aromatic carbocycles. The summed E-state index contributed by atoms with van der Waals surface area (Å²) in [6, 6.07) is 5.68. The van der Waals surface area contributed by atoms with Crippen LogP contribution >= 0.6 is 0 Å². The molecular formula is C13H10O4. The third kappa shape index (κ3) is 1.67. The largest absolute Gasteiger partial charge is 0.465 e. The summed E-state index contributed by atoms with van der Waals surface area (Å²) >= 11 is 0. The van der Waals surface area contributed by atoms with Crippen LogP contribution in [0.1, 0.15) is 22.8 Å². The number of fused-ring (bicyclic) bond motifs is 1. The first-order valence-corrected chi connectivity index (χ1v) is 5.05. The molecule has 4 heteroatoms. The van der Waals surface area contributed by atoms with Gasteiger partial charge in [-0.3, -0.25) is 9.59 Å². The van der Waals surface area contributed by atoms with Crippen molar-refractivity contribution in [3.05, 3.63) is 51.2 Å². The van der Waals surface area contributed by atoms with Gasteiger partial charge in [-0.1, -0.05) is 12.1 Å². The van der Waals surface area contributed by atoms with E-state index in [-0.39, 0.29) is 16.8 Å². The van der Waals surface area contributed by atoms with Gasteiger partial charge in [-0.2, -0.15) is 0 Å². The van der Waals surface area contributed by atoms with E-state index in [9.17, 15) is 14.4 Å². The summed E-state index contributed by atoms with van der Waals surface area (Å²) in [6.07, 6.45) is 0. The first kappa shape index (κ1) is 11.3. The van der Waals surface area contributed by atoms with E-state index in [0.717, 1.165) is 0 Å². The predicted octanol–water partition coefficient (Wildman–Crippen LogP) is 1.19. The van der Waals surface area contributed by atoms with Crippen molar-refractivity contribution < 1.29 is 14.3 Å². The Morgan fingerprint density at radius 2 is 1.88 bits per heavy atom. The summed E-state index contributed by atoms with van der Waals surface area (Å²) in [7, 11) is 1.24. The SMILES string of the molecule is COC(=O)C1=C(C)C(=O)c2cccc(=O)cc21. The normalized spacial score (nSPS) is 13.6. The molecule has 0 radical (unpaired) electrons. The van der Waals surface area contributed by atoms with E-state index in [1.54, 1.807) is 13.0 Å². The second-order valence-electron chi connectivity index (χ2n) is 3.72. The minimum Gasteiger partial charge on any atom is -0.465 e. The molecule has 0 spiro atoms. The molecule has 2 rings (SSSR count). The van der Waals surface area contributed by atoms with E-state index >= 15 is 0 Å². The third-order valence-electron chi connectivity index (χ3n) is 2.72. The predicted molar refractivity (Wildman–Crippen MR) is 61.7 cm³/mol. The lowest BCUT2D eigenvalue weighted by atomic mass is 10.1. The summed E-state index contributed by atoms with van der Waals surface area (Å²) in [5.74, 6) is -0.837. The monoisotopic (exact) mass is 230 g/mol. The third-order valence-corrected chi connectivity index (χ3v) is 2.72. The van der Waals surface area contributed by atoms with Crippen LogP contribution in [0, 0.1) is 0 Å². The number of ether oxygens (including phenoxy) is 1. The molecule has 0 N–H and O–H groups in total. The zero-order chi connectivity index (χ0) is 12.6. The van der Waals surface area contributed by atoms with E-state index in [2.05, 4.69) is 4.74 Å². The molecule has 4 nitrogen and oxygen atoms in total. The molecule has 1 aliphatic rings. The summed E-state index contributed by atoms with van der Waals surface area (Å²) in [5.41, 5.74) is 0.966. The standard InChI is InChI=1S/C13H10O4/c1-7-11(13(16)17-2)10-6-8(14)4-3-5-9(10)12(7)15/h3-6H,1-2H3. The molecule has 0 saturated carbocycles. The number of carbonyl (C=O) groups is 2. The van der Waals surface area contributed by atoms with Crippen LogP contribution in [0.4, 0.5) is 0 Å². The maximum absolute atomic E-state index is 11.9. The van der Waals surface area contributed by atoms with Gasteiger partial charge in [0.25, 0.3) is 0 Å². The van der Waals surface area contributed by atoms with Crippen LogP contribution in [0.2, 0.25) is 0 Å². The van der Waals surface area contributed by atoms with Crippen molar-refractivity contribution in [3.63, 3.8) is 0 Å². The molecule has 0 bridgehead atoms. The number of ketones is 1. The Bertz CT molecular complexity index is 611. The molecule has 17 heavy (non-hydrogen) atoms. The number of rotatable bonds is 1. The van der Waals surface area contributed by atoms with E-state index in [0.29, 0.717) is 16.7 Å². The van der Waals surface area contributed by atoms with Crippen LogP contribution in [-0.2, 0) is 9.53 Å². The van der Waals surface area contributed by atoms with Gasteiger partial charge in [0.15, 0.2) is 11.2 Å². The molecule has 0 fully saturated rings. The molecule has 0 aromatic heterocycles. The Morgan fingerprint density at radius 1 is 1.18 bits per heavy atom. The topological polar surface area (TPSA) is 60.4 Å². The zero-order valence-corrected chi connectivity index (χ0v) is 9.44. The fourth-order valence-electron chi connectivity index (χ4n) is 1.88. The zero-order valence-electron chi connectivity index (χ0n) is 9.44. The van der Waals surface area contributed by atoms with Crippen LogP contribution in [0.25, 0.3) is 5.57 Å². The smallest absolute Gasteiger partial charge is 0.338 e. The minimum atomic E-state index is -0.597. The lowest BCUT2D eigenvalue weighted by Crippen LogP contribution is -2.05. The van der Waals surface area contributed by atoms with Gasteiger partial charge in [-0.05, 0) is 19.1 Å². The Morgan fingerprint density at radius 3 is 2.53 bits per heavy atom. The van der Waals surface area contributed by atoms with Gasteiger partial charge in [0, 0.05) is 16.7 Å². The molecule has 0 heterocycles. The van der Waals surface area contributed by atoms with Crippen LogP contribution in [0.5, 0.6) is 0 Å². The van der Waals surface area contributed by atoms with Crippen molar-refractivity contribution in [2.75, 3.05) is 7.11 Å². The van der Waals surface area contributed by atoms with Crippen molar-refractivity contribution in [3.8, 4) is 0 Å². The Balaban J connectivity index is 2.79. The lowest BCUT2D eigenvalue weighted by molar-refractivity contribution is -0.133. The second kappa shape index (κ2) is 3.97. The van der Waals surface area contributed by atoms with Gasteiger partial charge in [0.2, 0.25) is 0 Å². The highest BCUT2D eigenvalue weighted by Gasteiger charge is 2.30. The van der Waals surface area contributed by atoms with Crippen LogP contribution in [-0.4, -0.2) is 18.9 Å². The number of hydrogen-bond acceptors (Lipinski definition) is 4. The van der Waals surface area contributed by atoms with Crippen LogP contribution < -0.4 is 5.43 Å². The van der Waals surface area contributed by atoms with Crippen molar-refractivity contribution in [1.82, 2.24) is 0 Å². The average molecular weight is 230 g/mol. The number of hydrogen-bond donors (Lipinski definition) is 0. The fourth-order valence-corrected chi connectivity index (χ4v) is 1.88. The van der Waals surface area contributed by atoms with E-state index in [4.69, 9.17) is 0 Å². The maximum atomic E-state index is 11.9. The summed E-state index contributed by atoms with van der Waals surface area (Å²) in [5, 5.41) is 0. The first-order chi connectivity index (χ1) is 8.06. The highest BCUT2D eigenvalue weighted by Crippen LogP contribution is 2.31. The Labute approximate surface area is 97.5 Å². The van der Waals surface area contributed by atoms with E-state index in [1.165, 1.54) is 25.3 Å². The highest BCUT2D eigenvalue weighted by atomic mass is 16.5. The maximum Gasteiger partial charge on any atom is 0.338 e. The summed E-state index contributed by atoms with van der Waals surface area (Å²) in [4.78, 5) is 34.9. The highest BCUT2D eigenvalue weighted by molar-refractivity contribution is 6.33. The number of methoxy groups -OCH3 is 1. The summed E-state index contributed by atoms with van der Waals surface area (Å²) in [6.45, 7) is 1.55. The fraction of sp³-hybridized carbons (Fsp3) is 0.154. The molecule has 0 atom stereocenters. The van der Waals surface area contributed by atoms with Gasteiger partial charge in [0.1, 0.15) is 0 Å². The number of Topliss-reactive ketones (excluding diaryl/α,β-unsaturated/α-hetero) is 1. The van der Waals surface area contributed by atoms with Crippen molar-refractivity contribution in [2.24, 2.45) is 0 Å². The Kier molecular flexibility index (Phi) is 2.63. The van der Waals surface area contributed by atoms with Gasteiger partial charge in [0.05, 0.1) is 12.7 Å². The first-order valence-electron chi connectivity index (χ1n) is 5.05. The van der Waals surface area contributed by atoms with Crippen LogP contribution in [0.15, 0.2) is 34.6 Å². The Hall–Kier alpha value is -2.23. The molecule has 0 amide bonds. The summed E-state index contributed by atoms with van der Waals surface area (Å²) < 4.78 is 4.63. The van der Waals surface area contributed by atoms with E-state index < -0.39 is 5.97 Å². The second-order valence-corrected chi connectivity index (χ2v) is 3.72. The average Bonchev–Trinajstić information content (AvgIpc) is 2.46. The van der Waals surface area contributed by atoms with Gasteiger partial charge in [-0.25, -0.2) is 4.79 Å². The lowest BCUT2D eigenvalue weighted by Gasteiger charge is -2.00. The number of carbonyl (C=O) groups excluding carboxylic acids is 2. The molecule has 0 unspecified atom stereocenters.